The standard InChI is InChI=1S/C24H33N5O3/c1-32-22-10-8-21(9-11-22)29-16-14-28(15-17-29)13-5-12-25-23(30)19-27-24(31)26-18-20-6-3-2-4-7-20/h2-4,6-11H,5,12-19H2,1H3,(H,25,30)(H2,26,27,31). The molecule has 0 aliphatic carbocycles. The van der Waals surface area contributed by atoms with Crippen LogP contribution in [0.3, 0.4) is 0 Å². The lowest BCUT2D eigenvalue weighted by molar-refractivity contribution is -0.120. The van der Waals surface area contributed by atoms with Crippen molar-refractivity contribution in [2.24, 2.45) is 0 Å². The van der Waals surface area contributed by atoms with Crippen LogP contribution in [-0.4, -0.2) is 69.8 Å². The summed E-state index contributed by atoms with van der Waals surface area (Å²) in [6.07, 6.45) is 0.883. The lowest BCUT2D eigenvalue weighted by atomic mass is 10.2. The van der Waals surface area contributed by atoms with Gasteiger partial charge in [0.2, 0.25) is 5.91 Å². The Morgan fingerprint density at radius 3 is 2.31 bits per heavy atom. The van der Waals surface area contributed by atoms with Gasteiger partial charge in [-0.3, -0.25) is 9.69 Å². The molecule has 0 bridgehead atoms. The smallest absolute Gasteiger partial charge is 0.315 e. The van der Waals surface area contributed by atoms with E-state index in [0.29, 0.717) is 13.1 Å². The Morgan fingerprint density at radius 2 is 1.62 bits per heavy atom. The average Bonchev–Trinajstić information content (AvgIpc) is 2.85. The maximum absolute atomic E-state index is 11.9. The summed E-state index contributed by atoms with van der Waals surface area (Å²) in [6, 6.07) is 17.5. The van der Waals surface area contributed by atoms with Crippen LogP contribution in [0.4, 0.5) is 10.5 Å². The van der Waals surface area contributed by atoms with Gasteiger partial charge in [0.25, 0.3) is 0 Å². The van der Waals surface area contributed by atoms with Crippen LogP contribution < -0.4 is 25.6 Å². The van der Waals surface area contributed by atoms with Crippen molar-refractivity contribution in [3.8, 4) is 5.75 Å². The van der Waals surface area contributed by atoms with Crippen LogP contribution in [0.2, 0.25) is 0 Å². The minimum atomic E-state index is -0.348. The highest BCUT2D eigenvalue weighted by Gasteiger charge is 2.17. The molecule has 1 heterocycles. The summed E-state index contributed by atoms with van der Waals surface area (Å²) in [5, 5.41) is 8.19. The number of benzene rings is 2. The summed E-state index contributed by atoms with van der Waals surface area (Å²) >= 11 is 0. The van der Waals surface area contributed by atoms with Crippen molar-refractivity contribution in [3.05, 3.63) is 60.2 Å². The maximum Gasteiger partial charge on any atom is 0.315 e. The molecule has 3 amide bonds. The number of carbonyl (C=O) groups excluding carboxylic acids is 2. The molecule has 1 aliphatic rings. The summed E-state index contributed by atoms with van der Waals surface area (Å²) < 4.78 is 5.22. The van der Waals surface area contributed by atoms with Crippen LogP contribution in [0, 0.1) is 0 Å². The molecule has 1 fully saturated rings. The van der Waals surface area contributed by atoms with E-state index in [-0.39, 0.29) is 18.5 Å². The summed E-state index contributed by atoms with van der Waals surface area (Å²) in [5.74, 6) is 0.696. The van der Waals surface area contributed by atoms with Gasteiger partial charge in [-0.05, 0) is 42.8 Å². The number of anilines is 1. The number of piperazine rings is 1. The first-order valence-corrected chi connectivity index (χ1v) is 11.1. The minimum Gasteiger partial charge on any atom is -0.497 e. The fourth-order valence-corrected chi connectivity index (χ4v) is 3.62. The van der Waals surface area contributed by atoms with E-state index >= 15 is 0 Å². The molecule has 0 aromatic heterocycles. The number of nitrogens with zero attached hydrogens (tertiary/aromatic N) is 2. The highest BCUT2D eigenvalue weighted by atomic mass is 16.5. The van der Waals surface area contributed by atoms with Crippen molar-refractivity contribution in [2.75, 3.05) is 57.8 Å². The highest BCUT2D eigenvalue weighted by Crippen LogP contribution is 2.20. The van der Waals surface area contributed by atoms with Gasteiger partial charge in [-0.25, -0.2) is 4.79 Å². The molecule has 0 spiro atoms. The molecule has 172 valence electrons. The second kappa shape index (κ2) is 12.6. The van der Waals surface area contributed by atoms with E-state index < -0.39 is 0 Å². The van der Waals surface area contributed by atoms with Gasteiger partial charge in [0, 0.05) is 45.0 Å². The lowest BCUT2D eigenvalue weighted by Crippen LogP contribution is -2.47. The van der Waals surface area contributed by atoms with E-state index in [4.69, 9.17) is 4.74 Å². The summed E-state index contributed by atoms with van der Waals surface area (Å²) in [5.41, 5.74) is 2.23. The number of hydrogen-bond donors (Lipinski definition) is 3. The third-order valence-corrected chi connectivity index (χ3v) is 5.49. The van der Waals surface area contributed by atoms with Gasteiger partial charge in [-0.15, -0.1) is 0 Å². The molecule has 0 saturated carbocycles. The van der Waals surface area contributed by atoms with Gasteiger partial charge in [0.15, 0.2) is 0 Å². The first-order chi connectivity index (χ1) is 15.6. The Labute approximate surface area is 189 Å². The molecule has 0 radical (unpaired) electrons. The Balaban J connectivity index is 1.22. The topological polar surface area (TPSA) is 85.9 Å². The number of carbonyl (C=O) groups is 2. The Hall–Kier alpha value is -3.26. The Morgan fingerprint density at radius 1 is 0.906 bits per heavy atom. The molecule has 1 saturated heterocycles. The average molecular weight is 440 g/mol. The molecule has 3 N–H and O–H groups in total. The van der Waals surface area contributed by atoms with E-state index in [2.05, 4.69) is 37.9 Å². The van der Waals surface area contributed by atoms with Crippen LogP contribution in [0.15, 0.2) is 54.6 Å². The normalized spacial score (nSPS) is 14.0. The number of ether oxygens (including phenoxy) is 1. The van der Waals surface area contributed by atoms with E-state index in [9.17, 15) is 9.59 Å². The maximum atomic E-state index is 11.9. The van der Waals surface area contributed by atoms with Crippen LogP contribution in [0.5, 0.6) is 5.75 Å². The SMILES string of the molecule is COc1ccc(N2CCN(CCCNC(=O)CNC(=O)NCc3ccccc3)CC2)cc1. The molecule has 2 aromatic carbocycles. The molecule has 8 nitrogen and oxygen atoms in total. The van der Waals surface area contributed by atoms with Gasteiger partial charge < -0.3 is 25.6 Å². The second-order valence-electron chi connectivity index (χ2n) is 7.75. The number of amides is 3. The van der Waals surface area contributed by atoms with Crippen molar-refractivity contribution in [1.82, 2.24) is 20.9 Å². The predicted molar refractivity (Wildman–Crippen MR) is 126 cm³/mol. The van der Waals surface area contributed by atoms with E-state index in [0.717, 1.165) is 50.5 Å². The molecule has 3 rings (SSSR count). The van der Waals surface area contributed by atoms with Gasteiger partial charge in [-0.2, -0.15) is 0 Å². The fraction of sp³-hybridized carbons (Fsp3) is 0.417. The van der Waals surface area contributed by atoms with E-state index in [1.54, 1.807) is 7.11 Å². The fourth-order valence-electron chi connectivity index (χ4n) is 3.62. The number of rotatable bonds is 10. The largest absolute Gasteiger partial charge is 0.497 e. The van der Waals surface area contributed by atoms with E-state index in [1.165, 1.54) is 5.69 Å². The van der Waals surface area contributed by atoms with Crippen molar-refractivity contribution >= 4 is 17.6 Å². The van der Waals surface area contributed by atoms with Gasteiger partial charge >= 0.3 is 6.03 Å². The molecule has 8 heteroatoms. The number of urea groups is 1. The molecule has 0 atom stereocenters. The number of hydrogen-bond acceptors (Lipinski definition) is 5. The van der Waals surface area contributed by atoms with Crippen LogP contribution >= 0.6 is 0 Å². The second-order valence-corrected chi connectivity index (χ2v) is 7.75. The summed E-state index contributed by atoms with van der Waals surface area (Å²) in [4.78, 5) is 28.5. The predicted octanol–water partition coefficient (Wildman–Crippen LogP) is 1.82. The number of nitrogens with one attached hydrogen (secondary N) is 3. The third-order valence-electron chi connectivity index (χ3n) is 5.49. The van der Waals surface area contributed by atoms with E-state index in [1.807, 2.05) is 42.5 Å². The lowest BCUT2D eigenvalue weighted by Gasteiger charge is -2.36. The molecule has 32 heavy (non-hydrogen) atoms. The first kappa shape index (κ1) is 23.4. The van der Waals surface area contributed by atoms with Crippen molar-refractivity contribution in [3.63, 3.8) is 0 Å². The minimum absolute atomic E-state index is 0.0266. The van der Waals surface area contributed by atoms with Crippen LogP contribution in [0.25, 0.3) is 0 Å². The molecular formula is C24H33N5O3. The molecule has 2 aromatic rings. The zero-order valence-electron chi connectivity index (χ0n) is 18.7. The third kappa shape index (κ3) is 7.77. The van der Waals surface area contributed by atoms with Crippen molar-refractivity contribution in [1.29, 1.82) is 0 Å². The highest BCUT2D eigenvalue weighted by molar-refractivity contribution is 5.83. The number of methoxy groups -OCH3 is 1. The summed E-state index contributed by atoms with van der Waals surface area (Å²) in [6.45, 7) is 5.93. The molecular weight excluding hydrogens is 406 g/mol. The Kier molecular flexibility index (Phi) is 9.19. The Bertz CT molecular complexity index is 836. The van der Waals surface area contributed by atoms with Crippen LogP contribution in [0.1, 0.15) is 12.0 Å². The first-order valence-electron chi connectivity index (χ1n) is 11.1. The van der Waals surface area contributed by atoms with Crippen molar-refractivity contribution in [2.45, 2.75) is 13.0 Å². The zero-order valence-corrected chi connectivity index (χ0v) is 18.7. The van der Waals surface area contributed by atoms with Gasteiger partial charge in [0.05, 0.1) is 13.7 Å². The van der Waals surface area contributed by atoms with Crippen LogP contribution in [-0.2, 0) is 11.3 Å². The zero-order chi connectivity index (χ0) is 22.6. The van der Waals surface area contributed by atoms with Gasteiger partial charge in [0.1, 0.15) is 5.75 Å². The van der Waals surface area contributed by atoms with Gasteiger partial charge in [-0.1, -0.05) is 30.3 Å². The molecule has 0 unspecified atom stereocenters. The monoisotopic (exact) mass is 439 g/mol. The molecule has 1 aliphatic heterocycles. The summed E-state index contributed by atoms with van der Waals surface area (Å²) in [7, 11) is 1.68. The quantitative estimate of drug-likeness (QED) is 0.492. The van der Waals surface area contributed by atoms with Crippen molar-refractivity contribution < 1.29 is 14.3 Å².